The Balaban J connectivity index is 1.87. The van der Waals surface area contributed by atoms with Gasteiger partial charge in [0.05, 0.1) is 6.10 Å². The molecule has 7 heteroatoms. The molecule has 0 aliphatic heterocycles. The quantitative estimate of drug-likeness (QED) is 0.647. The molecule has 3 saturated carbocycles. The van der Waals surface area contributed by atoms with Crippen molar-refractivity contribution in [2.45, 2.75) is 70.0 Å². The Kier molecular flexibility index (Phi) is 4.34. The predicted octanol–water partition coefficient (Wildman–Crippen LogP) is 1.99. The third kappa shape index (κ3) is 2.19. The Morgan fingerprint density at radius 1 is 1.28 bits per heavy atom. The van der Waals surface area contributed by atoms with Crippen LogP contribution >= 0.6 is 0 Å². The monoisotopic (exact) mass is 410 g/mol. The SMILES string of the molecule is CC1=CC(=O)C=C2C(F)C[C@H]3[C@@H]4CC[C@](O)(C(=O)CO)[C@@]4(C)CC(O)C3(F)[C@@]12C. The van der Waals surface area contributed by atoms with Gasteiger partial charge in [0, 0.05) is 16.7 Å². The van der Waals surface area contributed by atoms with Crippen molar-refractivity contribution in [1.29, 1.82) is 0 Å². The topological polar surface area (TPSA) is 94.8 Å². The van der Waals surface area contributed by atoms with Gasteiger partial charge in [-0.3, -0.25) is 9.59 Å². The zero-order valence-electron chi connectivity index (χ0n) is 16.9. The fraction of sp³-hybridized carbons (Fsp3) is 0.727. The molecule has 29 heavy (non-hydrogen) atoms. The summed E-state index contributed by atoms with van der Waals surface area (Å²) < 4.78 is 32.3. The van der Waals surface area contributed by atoms with Crippen LogP contribution in [-0.2, 0) is 9.59 Å². The molecule has 0 spiro atoms. The van der Waals surface area contributed by atoms with E-state index in [0.29, 0.717) is 12.0 Å². The van der Waals surface area contributed by atoms with Gasteiger partial charge in [0.2, 0.25) is 0 Å². The van der Waals surface area contributed by atoms with Crippen molar-refractivity contribution in [3.05, 3.63) is 23.3 Å². The Bertz CT molecular complexity index is 852. The molecule has 0 aromatic rings. The largest absolute Gasteiger partial charge is 0.390 e. The second kappa shape index (κ2) is 6.05. The number of fused-ring (bicyclic) bond motifs is 5. The van der Waals surface area contributed by atoms with E-state index in [1.807, 2.05) is 0 Å². The van der Waals surface area contributed by atoms with Gasteiger partial charge in [0.1, 0.15) is 18.4 Å². The summed E-state index contributed by atoms with van der Waals surface area (Å²) in [7, 11) is 0. The Hall–Kier alpha value is -1.44. The fourth-order valence-electron chi connectivity index (χ4n) is 7.16. The average Bonchev–Trinajstić information content (AvgIpc) is 2.91. The van der Waals surface area contributed by atoms with Crippen LogP contribution in [0.4, 0.5) is 8.78 Å². The van der Waals surface area contributed by atoms with Crippen LogP contribution < -0.4 is 0 Å². The lowest BCUT2D eigenvalue weighted by Gasteiger charge is -2.64. The number of rotatable bonds is 2. The molecule has 0 heterocycles. The maximum atomic E-state index is 17.0. The average molecular weight is 410 g/mol. The fourth-order valence-corrected chi connectivity index (χ4v) is 7.16. The molecule has 160 valence electrons. The maximum absolute atomic E-state index is 17.0. The van der Waals surface area contributed by atoms with E-state index in [-0.39, 0.29) is 24.8 Å². The van der Waals surface area contributed by atoms with E-state index in [2.05, 4.69) is 0 Å². The molecule has 4 rings (SSSR count). The standard InChI is InChI=1S/C22H28F2O5/c1-11-6-12(26)7-15-16(23)8-14-13-4-5-21(29,18(28)10-25)19(13,2)9-17(27)22(14,24)20(11,15)3/h6-7,13-14,16-17,25,27,29H,4-5,8-10H2,1-3H3/t13-,14-,16?,17?,19-,20-,21-,22?/m0/s1. The Morgan fingerprint density at radius 3 is 2.55 bits per heavy atom. The van der Waals surface area contributed by atoms with Crippen molar-refractivity contribution in [2.75, 3.05) is 6.61 Å². The Labute approximate surface area is 168 Å². The third-order valence-corrected chi connectivity index (χ3v) is 8.90. The highest BCUT2D eigenvalue weighted by Crippen LogP contribution is 2.70. The van der Waals surface area contributed by atoms with Crippen molar-refractivity contribution in [2.24, 2.45) is 22.7 Å². The highest BCUT2D eigenvalue weighted by molar-refractivity contribution is 6.02. The number of halogens is 2. The molecule has 0 bridgehead atoms. The van der Waals surface area contributed by atoms with E-state index in [4.69, 9.17) is 0 Å². The highest BCUT2D eigenvalue weighted by atomic mass is 19.1. The summed E-state index contributed by atoms with van der Waals surface area (Å²) in [5.41, 5.74) is -6.34. The summed E-state index contributed by atoms with van der Waals surface area (Å²) >= 11 is 0. The van der Waals surface area contributed by atoms with Crippen LogP contribution in [0.2, 0.25) is 0 Å². The van der Waals surface area contributed by atoms with E-state index in [9.17, 15) is 24.9 Å². The van der Waals surface area contributed by atoms with Crippen LogP contribution in [0.1, 0.15) is 46.5 Å². The van der Waals surface area contributed by atoms with Gasteiger partial charge in [0.25, 0.3) is 0 Å². The van der Waals surface area contributed by atoms with E-state index in [1.165, 1.54) is 6.08 Å². The van der Waals surface area contributed by atoms with Crippen molar-refractivity contribution < 1.29 is 33.7 Å². The summed E-state index contributed by atoms with van der Waals surface area (Å²) in [5.74, 6) is -2.62. The molecular weight excluding hydrogens is 382 g/mol. The van der Waals surface area contributed by atoms with Gasteiger partial charge >= 0.3 is 0 Å². The van der Waals surface area contributed by atoms with E-state index in [1.54, 1.807) is 20.8 Å². The number of aliphatic hydroxyl groups is 3. The molecule has 8 atom stereocenters. The summed E-state index contributed by atoms with van der Waals surface area (Å²) in [5, 5.41) is 31.6. The van der Waals surface area contributed by atoms with Crippen LogP contribution in [0.5, 0.6) is 0 Å². The van der Waals surface area contributed by atoms with Crippen molar-refractivity contribution in [3.8, 4) is 0 Å². The number of carbonyl (C=O) groups excluding carboxylic acids is 2. The predicted molar refractivity (Wildman–Crippen MR) is 100 cm³/mol. The number of alkyl halides is 2. The summed E-state index contributed by atoms with van der Waals surface area (Å²) in [6, 6.07) is 0. The molecule has 3 fully saturated rings. The first kappa shape index (κ1) is 20.8. The molecular formula is C22H28F2O5. The number of hydrogen-bond acceptors (Lipinski definition) is 5. The minimum absolute atomic E-state index is 0.0382. The first-order valence-corrected chi connectivity index (χ1v) is 10.2. The van der Waals surface area contributed by atoms with Gasteiger partial charge in [-0.15, -0.1) is 0 Å². The van der Waals surface area contributed by atoms with Crippen LogP contribution in [0.25, 0.3) is 0 Å². The minimum Gasteiger partial charge on any atom is -0.390 e. The Morgan fingerprint density at radius 2 is 1.93 bits per heavy atom. The molecule has 4 aliphatic rings. The van der Waals surface area contributed by atoms with Gasteiger partial charge in [0.15, 0.2) is 17.2 Å². The van der Waals surface area contributed by atoms with Crippen LogP contribution in [-0.4, -0.2) is 57.0 Å². The molecule has 0 radical (unpaired) electrons. The molecule has 0 saturated heterocycles. The molecule has 0 aromatic carbocycles. The van der Waals surface area contributed by atoms with Gasteiger partial charge in [-0.2, -0.15) is 0 Å². The van der Waals surface area contributed by atoms with Crippen LogP contribution in [0, 0.1) is 22.7 Å². The van der Waals surface area contributed by atoms with Gasteiger partial charge in [-0.1, -0.05) is 12.5 Å². The van der Waals surface area contributed by atoms with Crippen molar-refractivity contribution >= 4 is 11.6 Å². The number of ketones is 2. The first-order chi connectivity index (χ1) is 13.4. The summed E-state index contributed by atoms with van der Waals surface area (Å²) in [4.78, 5) is 24.4. The number of Topliss-reactive ketones (excluding diaryl/α,β-unsaturated/α-hetero) is 1. The maximum Gasteiger partial charge on any atom is 0.190 e. The zero-order valence-corrected chi connectivity index (χ0v) is 16.9. The van der Waals surface area contributed by atoms with Crippen LogP contribution in [0.3, 0.4) is 0 Å². The second-order valence-electron chi connectivity index (χ2n) is 9.76. The highest BCUT2D eigenvalue weighted by Gasteiger charge is 2.75. The van der Waals surface area contributed by atoms with E-state index >= 15 is 8.78 Å². The van der Waals surface area contributed by atoms with Gasteiger partial charge < -0.3 is 15.3 Å². The molecule has 3 N–H and O–H groups in total. The molecule has 0 aromatic heterocycles. The smallest absolute Gasteiger partial charge is 0.190 e. The molecule has 3 unspecified atom stereocenters. The van der Waals surface area contributed by atoms with E-state index in [0.717, 1.165) is 6.08 Å². The van der Waals surface area contributed by atoms with Gasteiger partial charge in [-0.05, 0) is 63.2 Å². The minimum atomic E-state index is -2.24. The third-order valence-electron chi connectivity index (χ3n) is 8.90. The number of hydrogen-bond donors (Lipinski definition) is 3. The molecule has 0 amide bonds. The van der Waals surface area contributed by atoms with Crippen LogP contribution in [0.15, 0.2) is 23.3 Å². The number of allylic oxidation sites excluding steroid dienone is 4. The van der Waals surface area contributed by atoms with E-state index < -0.39 is 64.4 Å². The lowest BCUT2D eigenvalue weighted by molar-refractivity contribution is -0.223. The zero-order chi connectivity index (χ0) is 21.6. The number of carbonyl (C=O) groups is 2. The lowest BCUT2D eigenvalue weighted by Crippen LogP contribution is -2.71. The molecule has 5 nitrogen and oxygen atoms in total. The van der Waals surface area contributed by atoms with Crippen molar-refractivity contribution in [3.63, 3.8) is 0 Å². The summed E-state index contributed by atoms with van der Waals surface area (Å²) in [6.07, 6.45) is -0.758. The normalized spacial score (nSPS) is 51.5. The summed E-state index contributed by atoms with van der Waals surface area (Å²) in [6.45, 7) is 3.92. The number of aliphatic hydroxyl groups excluding tert-OH is 2. The first-order valence-electron chi connectivity index (χ1n) is 10.2. The lowest BCUT2D eigenvalue weighted by atomic mass is 9.43. The second-order valence-corrected chi connectivity index (χ2v) is 9.76. The molecule has 4 aliphatic carbocycles. The van der Waals surface area contributed by atoms with Gasteiger partial charge in [-0.25, -0.2) is 8.78 Å². The van der Waals surface area contributed by atoms with Crippen molar-refractivity contribution in [1.82, 2.24) is 0 Å².